The second-order valence-electron chi connectivity index (χ2n) is 8.68. The SMILES string of the molecule is CC[C@@H](Nc1c(Nc2ccc(Cl)c(S(=O)(=O)Nc3cccc(O)c3)c2O)c(=O)c1=O)[C@H]1CC[C@@H](C)O1. The van der Waals surface area contributed by atoms with Gasteiger partial charge in [0.15, 0.2) is 5.75 Å². The van der Waals surface area contributed by atoms with Crippen LogP contribution in [0.3, 0.4) is 0 Å². The van der Waals surface area contributed by atoms with Crippen molar-refractivity contribution < 1.29 is 23.4 Å². The monoisotopic (exact) mass is 535 g/mol. The lowest BCUT2D eigenvalue weighted by Crippen LogP contribution is -2.42. The average Bonchev–Trinajstić information content (AvgIpc) is 3.25. The Morgan fingerprint density at radius 1 is 1.11 bits per heavy atom. The topological polar surface area (TPSA) is 154 Å². The van der Waals surface area contributed by atoms with Crippen molar-refractivity contribution in [2.45, 2.75) is 56.3 Å². The molecule has 3 aromatic carbocycles. The Kier molecular flexibility index (Phi) is 7.17. The summed E-state index contributed by atoms with van der Waals surface area (Å²) in [6.07, 6.45) is 2.34. The fraction of sp³-hybridized carbons (Fsp3) is 0.333. The maximum absolute atomic E-state index is 13.0. The van der Waals surface area contributed by atoms with Gasteiger partial charge in [-0.15, -0.1) is 0 Å². The predicted octanol–water partition coefficient (Wildman–Crippen LogP) is 3.65. The van der Waals surface area contributed by atoms with Gasteiger partial charge in [0.1, 0.15) is 22.0 Å². The number of sulfonamides is 1. The van der Waals surface area contributed by atoms with E-state index >= 15 is 0 Å². The van der Waals surface area contributed by atoms with Crippen molar-refractivity contribution in [3.63, 3.8) is 0 Å². The molecule has 1 fully saturated rings. The highest BCUT2D eigenvalue weighted by molar-refractivity contribution is 7.93. The van der Waals surface area contributed by atoms with Gasteiger partial charge in [-0.3, -0.25) is 14.3 Å². The molecule has 12 heteroatoms. The van der Waals surface area contributed by atoms with Crippen molar-refractivity contribution in [3.8, 4) is 11.5 Å². The first-order valence-corrected chi connectivity index (χ1v) is 13.2. The van der Waals surface area contributed by atoms with Crippen molar-refractivity contribution in [1.29, 1.82) is 0 Å². The number of anilines is 4. The van der Waals surface area contributed by atoms with Gasteiger partial charge in [0, 0.05) is 6.07 Å². The lowest BCUT2D eigenvalue weighted by Gasteiger charge is -2.26. The van der Waals surface area contributed by atoms with Crippen LogP contribution in [0, 0.1) is 0 Å². The molecule has 0 amide bonds. The van der Waals surface area contributed by atoms with Crippen LogP contribution in [0.5, 0.6) is 11.5 Å². The predicted molar refractivity (Wildman–Crippen MR) is 138 cm³/mol. The summed E-state index contributed by atoms with van der Waals surface area (Å²) in [5, 5.41) is 25.9. The minimum atomic E-state index is -4.40. The molecule has 1 saturated heterocycles. The van der Waals surface area contributed by atoms with E-state index in [-0.39, 0.29) is 51.8 Å². The van der Waals surface area contributed by atoms with E-state index in [1.54, 1.807) is 0 Å². The van der Waals surface area contributed by atoms with Gasteiger partial charge in [0.05, 0.1) is 34.6 Å². The van der Waals surface area contributed by atoms with Crippen LogP contribution in [0.2, 0.25) is 5.02 Å². The number of phenols is 2. The highest BCUT2D eigenvalue weighted by Crippen LogP contribution is 2.39. The van der Waals surface area contributed by atoms with Crippen molar-refractivity contribution >= 4 is 44.4 Å². The Bertz CT molecular complexity index is 1470. The zero-order valence-electron chi connectivity index (χ0n) is 19.5. The van der Waals surface area contributed by atoms with Crippen LogP contribution in [0.15, 0.2) is 50.9 Å². The fourth-order valence-electron chi connectivity index (χ4n) is 4.23. The fourth-order valence-corrected chi connectivity index (χ4v) is 5.92. The van der Waals surface area contributed by atoms with E-state index < -0.39 is 31.5 Å². The van der Waals surface area contributed by atoms with Gasteiger partial charge in [0.2, 0.25) is 0 Å². The Morgan fingerprint density at radius 3 is 2.47 bits per heavy atom. The van der Waals surface area contributed by atoms with Gasteiger partial charge in [-0.05, 0) is 50.5 Å². The molecule has 3 aromatic rings. The zero-order chi connectivity index (χ0) is 26.2. The van der Waals surface area contributed by atoms with Crippen LogP contribution in [0.25, 0.3) is 0 Å². The Morgan fingerprint density at radius 2 is 1.83 bits per heavy atom. The van der Waals surface area contributed by atoms with E-state index in [9.17, 15) is 28.2 Å². The van der Waals surface area contributed by atoms with E-state index in [1.807, 2.05) is 13.8 Å². The minimum Gasteiger partial charge on any atom is -0.508 e. The van der Waals surface area contributed by atoms with Gasteiger partial charge in [-0.1, -0.05) is 24.6 Å². The summed E-state index contributed by atoms with van der Waals surface area (Å²) in [6.45, 7) is 3.91. The quantitative estimate of drug-likeness (QED) is 0.204. The normalized spacial score (nSPS) is 18.8. The standard InChI is InChI=1S/C24H26ClN3O7S/c1-3-16(18-10-7-12(2)35-18)26-19-20(23(32)22(19)31)27-17-9-8-15(25)24(21(17)30)36(33,34)28-13-5-4-6-14(29)11-13/h4-6,8-9,11-12,16,18,26-30H,3,7,10H2,1-2H3/t12-,16-,18-/m1/s1. The number of aromatic hydroxyl groups is 2. The number of halogens is 1. The molecule has 1 heterocycles. The van der Waals surface area contributed by atoms with Crippen LogP contribution in [-0.4, -0.2) is 36.9 Å². The van der Waals surface area contributed by atoms with Crippen molar-refractivity contribution in [3.05, 3.63) is 61.9 Å². The van der Waals surface area contributed by atoms with Crippen LogP contribution in [-0.2, 0) is 14.8 Å². The molecule has 1 aliphatic heterocycles. The highest BCUT2D eigenvalue weighted by atomic mass is 35.5. The van der Waals surface area contributed by atoms with Crippen LogP contribution in [0.4, 0.5) is 22.7 Å². The smallest absolute Gasteiger partial charge is 0.267 e. The van der Waals surface area contributed by atoms with E-state index in [0.717, 1.165) is 12.8 Å². The second-order valence-corrected chi connectivity index (χ2v) is 10.7. The third-order valence-corrected chi connectivity index (χ3v) is 7.99. The molecule has 36 heavy (non-hydrogen) atoms. The number of ether oxygens (including phenoxy) is 1. The molecule has 0 spiro atoms. The molecule has 1 aliphatic rings. The van der Waals surface area contributed by atoms with Crippen molar-refractivity contribution in [2.24, 2.45) is 0 Å². The van der Waals surface area contributed by atoms with Crippen molar-refractivity contribution in [2.75, 3.05) is 15.4 Å². The number of phenolic OH excluding ortho intramolecular Hbond substituents is 2. The van der Waals surface area contributed by atoms with Crippen LogP contribution < -0.4 is 26.2 Å². The van der Waals surface area contributed by atoms with Gasteiger partial charge in [0.25, 0.3) is 20.9 Å². The van der Waals surface area contributed by atoms with Gasteiger partial charge in [-0.25, -0.2) is 8.42 Å². The summed E-state index contributed by atoms with van der Waals surface area (Å²) in [4.78, 5) is 24.0. The molecule has 0 aromatic heterocycles. The highest BCUT2D eigenvalue weighted by Gasteiger charge is 2.32. The van der Waals surface area contributed by atoms with Gasteiger partial charge < -0.3 is 25.6 Å². The summed E-state index contributed by atoms with van der Waals surface area (Å²) in [5.41, 5.74) is -1.65. The van der Waals surface area contributed by atoms with Crippen molar-refractivity contribution in [1.82, 2.24) is 0 Å². The third kappa shape index (κ3) is 4.99. The number of nitrogens with one attached hydrogen (secondary N) is 3. The third-order valence-electron chi connectivity index (χ3n) is 6.10. The maximum Gasteiger partial charge on any atom is 0.267 e. The summed E-state index contributed by atoms with van der Waals surface area (Å²) < 4.78 is 34.1. The van der Waals surface area contributed by atoms with Crippen LogP contribution in [0.1, 0.15) is 33.1 Å². The lowest BCUT2D eigenvalue weighted by molar-refractivity contribution is 0.0438. The molecule has 0 unspecified atom stereocenters. The molecule has 192 valence electrons. The number of rotatable bonds is 9. The first-order chi connectivity index (χ1) is 17.0. The molecule has 0 saturated carbocycles. The molecule has 0 aliphatic carbocycles. The van der Waals surface area contributed by atoms with E-state index in [0.29, 0.717) is 6.42 Å². The molecule has 0 bridgehead atoms. The molecular formula is C24H26ClN3O7S. The molecule has 0 radical (unpaired) electrons. The average molecular weight is 536 g/mol. The van der Waals surface area contributed by atoms with Crippen LogP contribution >= 0.6 is 11.6 Å². The zero-order valence-corrected chi connectivity index (χ0v) is 21.1. The lowest BCUT2D eigenvalue weighted by atomic mass is 10.0. The molecule has 10 nitrogen and oxygen atoms in total. The summed E-state index contributed by atoms with van der Waals surface area (Å²) in [7, 11) is -4.40. The second kappa shape index (κ2) is 10.00. The first kappa shape index (κ1) is 25.8. The number of hydrogen-bond donors (Lipinski definition) is 5. The molecule has 4 rings (SSSR count). The molecular weight excluding hydrogens is 510 g/mol. The Labute approximate surface area is 212 Å². The Balaban J connectivity index is 1.62. The largest absolute Gasteiger partial charge is 0.508 e. The summed E-state index contributed by atoms with van der Waals surface area (Å²) in [5.74, 6) is -0.905. The molecule has 3 atom stereocenters. The number of hydrogen-bond acceptors (Lipinski definition) is 9. The first-order valence-electron chi connectivity index (χ1n) is 11.4. The molecule has 5 N–H and O–H groups in total. The van der Waals surface area contributed by atoms with E-state index in [2.05, 4.69) is 15.4 Å². The van der Waals surface area contributed by atoms with Gasteiger partial charge in [-0.2, -0.15) is 0 Å². The summed E-state index contributed by atoms with van der Waals surface area (Å²) in [6, 6.07) is 7.72. The number of benzene rings is 2. The van der Waals surface area contributed by atoms with Gasteiger partial charge >= 0.3 is 0 Å². The van der Waals surface area contributed by atoms with E-state index in [4.69, 9.17) is 16.3 Å². The van der Waals surface area contributed by atoms with E-state index in [1.165, 1.54) is 36.4 Å². The maximum atomic E-state index is 13.0. The minimum absolute atomic E-state index is 0.0478. The Hall–Kier alpha value is -3.28. The summed E-state index contributed by atoms with van der Waals surface area (Å²) >= 11 is 6.10.